The van der Waals surface area contributed by atoms with E-state index in [2.05, 4.69) is 29.0 Å². The first kappa shape index (κ1) is 13.8. The van der Waals surface area contributed by atoms with Crippen LogP contribution in [0.5, 0.6) is 0 Å². The van der Waals surface area contributed by atoms with Gasteiger partial charge < -0.3 is 15.3 Å². The monoisotopic (exact) mass is 263 g/mol. The number of nitrogens with zero attached hydrogens (tertiary/aromatic N) is 2. The fourth-order valence-corrected chi connectivity index (χ4v) is 2.51. The second-order valence-corrected chi connectivity index (χ2v) is 5.38. The molecule has 2 N–H and O–H groups in total. The lowest BCUT2D eigenvalue weighted by molar-refractivity contribution is -0.105. The second-order valence-electron chi connectivity index (χ2n) is 5.38. The van der Waals surface area contributed by atoms with Gasteiger partial charge in [-0.25, -0.2) is 4.98 Å². The molecular weight excluding hydrogens is 242 g/mol. The molecule has 0 aromatic carbocycles. The summed E-state index contributed by atoms with van der Waals surface area (Å²) in [6.07, 6.45) is 3.83. The van der Waals surface area contributed by atoms with Crippen LogP contribution in [0, 0.1) is 5.92 Å². The van der Waals surface area contributed by atoms with E-state index in [1.165, 1.54) is 0 Å². The van der Waals surface area contributed by atoms with Gasteiger partial charge in [0.15, 0.2) is 5.82 Å². The Hall–Kier alpha value is -1.62. The molecule has 2 heterocycles. The van der Waals surface area contributed by atoms with Crippen LogP contribution >= 0.6 is 0 Å². The summed E-state index contributed by atoms with van der Waals surface area (Å²) in [5, 5.41) is 13.1. The predicted octanol–water partition coefficient (Wildman–Crippen LogP) is 1.64. The lowest BCUT2D eigenvalue weighted by Gasteiger charge is -2.41. The van der Waals surface area contributed by atoms with E-state index >= 15 is 0 Å². The molecule has 1 aromatic rings. The van der Waals surface area contributed by atoms with Crippen LogP contribution in [-0.4, -0.2) is 35.2 Å². The number of carbonyl (C=O) groups excluding carboxylic acids is 1. The van der Waals surface area contributed by atoms with Crippen molar-refractivity contribution in [3.63, 3.8) is 0 Å². The summed E-state index contributed by atoms with van der Waals surface area (Å²) in [7, 11) is 0. The number of pyridine rings is 1. The van der Waals surface area contributed by atoms with E-state index in [-0.39, 0.29) is 5.92 Å². The van der Waals surface area contributed by atoms with Crippen molar-refractivity contribution >= 4 is 17.9 Å². The van der Waals surface area contributed by atoms with E-state index in [0.29, 0.717) is 12.1 Å². The van der Waals surface area contributed by atoms with Gasteiger partial charge in [-0.2, -0.15) is 0 Å². The number of hydrogen-bond acceptors (Lipinski definition) is 4. The van der Waals surface area contributed by atoms with Crippen LogP contribution in [0.2, 0.25) is 0 Å². The highest BCUT2D eigenvalue weighted by Crippen LogP contribution is 2.33. The normalized spacial score (nSPS) is 18.4. The maximum Gasteiger partial charge on any atom is 0.211 e. The van der Waals surface area contributed by atoms with Gasteiger partial charge in [0.2, 0.25) is 6.41 Å². The Balaban J connectivity index is 2.11. The summed E-state index contributed by atoms with van der Waals surface area (Å²) in [6.45, 7) is 5.60. The molecule has 0 saturated carbocycles. The summed E-state index contributed by atoms with van der Waals surface area (Å²) >= 11 is 0. The van der Waals surface area contributed by atoms with Crippen molar-refractivity contribution < 1.29 is 9.90 Å². The molecule has 0 spiro atoms. The number of aliphatic hydroxyl groups is 1. The average molecular weight is 263 g/mol. The van der Waals surface area contributed by atoms with Crippen molar-refractivity contribution in [2.45, 2.75) is 32.3 Å². The smallest absolute Gasteiger partial charge is 0.211 e. The van der Waals surface area contributed by atoms with Crippen molar-refractivity contribution in [1.82, 2.24) is 4.98 Å². The van der Waals surface area contributed by atoms with Crippen LogP contribution in [-0.2, 0) is 4.79 Å². The molecule has 1 aromatic heterocycles. The van der Waals surface area contributed by atoms with Gasteiger partial charge in [-0.15, -0.1) is 0 Å². The topological polar surface area (TPSA) is 65.5 Å². The molecule has 0 unspecified atom stereocenters. The number of carbonyl (C=O) groups is 1. The van der Waals surface area contributed by atoms with Crippen LogP contribution in [0.3, 0.4) is 0 Å². The highest BCUT2D eigenvalue weighted by Gasteiger charge is 2.35. The molecule has 5 nitrogen and oxygen atoms in total. The maximum atomic E-state index is 10.6. The fourth-order valence-electron chi connectivity index (χ4n) is 2.51. The van der Waals surface area contributed by atoms with Crippen molar-refractivity contribution in [3.05, 3.63) is 18.3 Å². The minimum atomic E-state index is -0.580. The van der Waals surface area contributed by atoms with Crippen molar-refractivity contribution in [2.75, 3.05) is 23.3 Å². The molecule has 0 aliphatic carbocycles. The summed E-state index contributed by atoms with van der Waals surface area (Å²) in [5.41, 5.74) is 0.135. The number of nitrogens with one attached hydrogen (secondary N) is 1. The molecule has 0 bridgehead atoms. The Kier molecular flexibility index (Phi) is 4.04. The zero-order valence-corrected chi connectivity index (χ0v) is 11.5. The van der Waals surface area contributed by atoms with Crippen molar-refractivity contribution in [2.24, 2.45) is 5.92 Å². The lowest BCUT2D eigenvalue weighted by atomic mass is 9.81. The van der Waals surface area contributed by atoms with E-state index in [1.54, 1.807) is 12.3 Å². The van der Waals surface area contributed by atoms with Gasteiger partial charge in [-0.1, -0.05) is 13.8 Å². The molecule has 1 amide bonds. The van der Waals surface area contributed by atoms with Gasteiger partial charge in [0.25, 0.3) is 0 Å². The molecule has 2 rings (SSSR count). The van der Waals surface area contributed by atoms with E-state index in [9.17, 15) is 9.90 Å². The van der Waals surface area contributed by atoms with E-state index in [4.69, 9.17) is 0 Å². The predicted molar refractivity (Wildman–Crippen MR) is 75.2 cm³/mol. The Morgan fingerprint density at radius 1 is 1.47 bits per heavy atom. The number of hydrogen-bond donors (Lipinski definition) is 2. The van der Waals surface area contributed by atoms with Crippen LogP contribution < -0.4 is 10.2 Å². The number of anilines is 2. The molecular formula is C14H21N3O2. The highest BCUT2D eigenvalue weighted by molar-refractivity contribution is 5.79. The summed E-state index contributed by atoms with van der Waals surface area (Å²) < 4.78 is 0. The third-order valence-corrected chi connectivity index (χ3v) is 4.00. The number of rotatable bonds is 4. The van der Waals surface area contributed by atoms with Gasteiger partial charge in [-0.3, -0.25) is 4.79 Å². The minimum Gasteiger partial charge on any atom is -0.389 e. The van der Waals surface area contributed by atoms with Crippen molar-refractivity contribution in [3.8, 4) is 0 Å². The van der Waals surface area contributed by atoms with E-state index in [0.717, 1.165) is 31.7 Å². The first-order valence-corrected chi connectivity index (χ1v) is 6.69. The molecule has 104 valence electrons. The Morgan fingerprint density at radius 2 is 2.16 bits per heavy atom. The first-order chi connectivity index (χ1) is 9.07. The van der Waals surface area contributed by atoms with Gasteiger partial charge in [0.1, 0.15) is 0 Å². The zero-order chi connectivity index (χ0) is 13.9. The lowest BCUT2D eigenvalue weighted by Crippen LogP contribution is -2.47. The van der Waals surface area contributed by atoms with Crippen molar-refractivity contribution in [1.29, 1.82) is 0 Å². The number of piperidine rings is 1. The first-order valence-electron chi connectivity index (χ1n) is 6.69. The van der Waals surface area contributed by atoms with Crippen LogP contribution in [0.4, 0.5) is 11.5 Å². The Bertz CT molecular complexity index is 440. The van der Waals surface area contributed by atoms with Crippen LogP contribution in [0.1, 0.15) is 26.7 Å². The zero-order valence-electron chi connectivity index (χ0n) is 11.5. The Morgan fingerprint density at radius 3 is 2.74 bits per heavy atom. The quantitative estimate of drug-likeness (QED) is 0.810. The van der Waals surface area contributed by atoms with Gasteiger partial charge >= 0.3 is 0 Å². The third-order valence-electron chi connectivity index (χ3n) is 4.00. The van der Waals surface area contributed by atoms with E-state index in [1.807, 2.05) is 6.07 Å². The largest absolute Gasteiger partial charge is 0.389 e. The third kappa shape index (κ3) is 2.87. The summed E-state index contributed by atoms with van der Waals surface area (Å²) in [4.78, 5) is 17.1. The molecule has 0 radical (unpaired) electrons. The van der Waals surface area contributed by atoms with E-state index < -0.39 is 5.60 Å². The molecule has 1 aliphatic rings. The van der Waals surface area contributed by atoms with Gasteiger partial charge in [-0.05, 0) is 30.9 Å². The number of aromatic nitrogens is 1. The van der Waals surface area contributed by atoms with Crippen LogP contribution in [0.15, 0.2) is 18.3 Å². The van der Waals surface area contributed by atoms with Crippen LogP contribution in [0.25, 0.3) is 0 Å². The minimum absolute atomic E-state index is 0.256. The molecule has 1 saturated heterocycles. The average Bonchev–Trinajstić information content (AvgIpc) is 2.41. The molecule has 19 heavy (non-hydrogen) atoms. The molecule has 5 heteroatoms. The van der Waals surface area contributed by atoms with Gasteiger partial charge in [0.05, 0.1) is 11.3 Å². The maximum absolute atomic E-state index is 10.6. The summed E-state index contributed by atoms with van der Waals surface area (Å²) in [6, 6.07) is 3.63. The Labute approximate surface area is 113 Å². The fraction of sp³-hybridized carbons (Fsp3) is 0.571. The highest BCUT2D eigenvalue weighted by atomic mass is 16.3. The molecule has 0 atom stereocenters. The SMILES string of the molecule is CC(C)C1(O)CCN(c2ncccc2NC=O)CC1. The second kappa shape index (κ2) is 5.57. The molecule has 1 aliphatic heterocycles. The van der Waals surface area contributed by atoms with Gasteiger partial charge in [0, 0.05) is 19.3 Å². The summed E-state index contributed by atoms with van der Waals surface area (Å²) in [5.74, 6) is 1.03. The standard InChI is InChI=1S/C14H21N3O2/c1-11(2)14(19)5-8-17(9-6-14)13-12(16-10-18)4-3-7-15-13/h3-4,7,10-11,19H,5-6,8-9H2,1-2H3,(H,16,18). The molecule has 1 fully saturated rings. The number of amides is 1.